The van der Waals surface area contributed by atoms with Crippen molar-refractivity contribution in [2.75, 3.05) is 6.54 Å². The van der Waals surface area contributed by atoms with Gasteiger partial charge in [0.1, 0.15) is 12.2 Å². The van der Waals surface area contributed by atoms with E-state index >= 15 is 0 Å². The summed E-state index contributed by atoms with van der Waals surface area (Å²) in [6.45, 7) is 1.73. The maximum atomic E-state index is 10.3. The van der Waals surface area contributed by atoms with Crippen LogP contribution < -0.4 is 5.32 Å². The van der Waals surface area contributed by atoms with Crippen molar-refractivity contribution in [3.8, 4) is 0 Å². The number of nitrogens with zero attached hydrogens (tertiary/aromatic N) is 2. The van der Waals surface area contributed by atoms with E-state index in [0.717, 1.165) is 31.8 Å². The molecule has 0 spiro atoms. The van der Waals surface area contributed by atoms with E-state index in [1.165, 1.54) is 42.4 Å². The fourth-order valence-electron chi connectivity index (χ4n) is 4.26. The third-order valence-corrected chi connectivity index (χ3v) is 5.63. The molecule has 1 heterocycles. The molecule has 0 saturated heterocycles. The number of aromatic amines is 1. The van der Waals surface area contributed by atoms with Crippen LogP contribution in [-0.2, 0) is 19.4 Å². The minimum Gasteiger partial charge on any atom is -0.393 e. The lowest BCUT2D eigenvalue weighted by Crippen LogP contribution is -2.27. The number of hydrogen-bond donors (Lipinski definition) is 3. The Morgan fingerprint density at radius 2 is 2.04 bits per heavy atom. The third-order valence-electron chi connectivity index (χ3n) is 5.63. The van der Waals surface area contributed by atoms with Gasteiger partial charge in [0.15, 0.2) is 0 Å². The lowest BCUT2D eigenvalue weighted by Gasteiger charge is -2.18. The molecule has 2 aliphatic rings. The Hall–Kier alpha value is -1.72. The zero-order valence-corrected chi connectivity index (χ0v) is 14.0. The van der Waals surface area contributed by atoms with Gasteiger partial charge in [0.2, 0.25) is 0 Å². The van der Waals surface area contributed by atoms with Gasteiger partial charge in [0.25, 0.3) is 0 Å². The van der Waals surface area contributed by atoms with Gasteiger partial charge in [-0.1, -0.05) is 18.2 Å². The average Bonchev–Trinajstić information content (AvgIpc) is 3.25. The van der Waals surface area contributed by atoms with Gasteiger partial charge in [-0.25, -0.2) is 4.98 Å². The largest absolute Gasteiger partial charge is 0.393 e. The Balaban J connectivity index is 1.29. The summed E-state index contributed by atoms with van der Waals surface area (Å²) in [5.74, 6) is 1.50. The van der Waals surface area contributed by atoms with Gasteiger partial charge in [-0.15, -0.1) is 0 Å². The molecule has 5 heteroatoms. The standard InChI is InChI=1S/C19H26N4O/c24-18-9-16(19-21-12-22-23-19)8-17(18)11-20-10-13-5-6-14-3-1-2-4-15(14)7-13/h5-7,12,16-18,20,24H,1-4,8-11H2,(H,21,22,23)/t16?,17-,18-/m1/s1. The van der Waals surface area contributed by atoms with Gasteiger partial charge in [0.05, 0.1) is 6.10 Å². The van der Waals surface area contributed by atoms with Crippen molar-refractivity contribution >= 4 is 0 Å². The summed E-state index contributed by atoms with van der Waals surface area (Å²) >= 11 is 0. The van der Waals surface area contributed by atoms with E-state index < -0.39 is 0 Å². The molecule has 128 valence electrons. The Morgan fingerprint density at radius 1 is 1.17 bits per heavy atom. The Kier molecular flexibility index (Phi) is 4.63. The van der Waals surface area contributed by atoms with Crippen molar-refractivity contribution < 1.29 is 5.11 Å². The summed E-state index contributed by atoms with van der Waals surface area (Å²) in [7, 11) is 0. The summed E-state index contributed by atoms with van der Waals surface area (Å²) in [5, 5.41) is 20.7. The van der Waals surface area contributed by atoms with E-state index in [2.05, 4.69) is 38.7 Å². The predicted molar refractivity (Wildman–Crippen MR) is 92.6 cm³/mol. The molecule has 24 heavy (non-hydrogen) atoms. The third kappa shape index (κ3) is 3.37. The van der Waals surface area contributed by atoms with Crippen molar-refractivity contribution in [2.24, 2.45) is 5.92 Å². The zero-order valence-electron chi connectivity index (χ0n) is 14.0. The highest BCUT2D eigenvalue weighted by Crippen LogP contribution is 2.36. The number of H-pyrrole nitrogens is 1. The average molecular weight is 326 g/mol. The number of aromatic nitrogens is 3. The van der Waals surface area contributed by atoms with Crippen LogP contribution in [0.2, 0.25) is 0 Å². The fraction of sp³-hybridized carbons (Fsp3) is 0.579. The predicted octanol–water partition coefficient (Wildman–Crippen LogP) is 2.33. The second-order valence-corrected chi connectivity index (χ2v) is 7.31. The molecule has 0 bridgehead atoms. The molecule has 1 fully saturated rings. The molecular weight excluding hydrogens is 300 g/mol. The molecule has 3 N–H and O–H groups in total. The molecule has 1 saturated carbocycles. The molecular formula is C19H26N4O. The van der Waals surface area contributed by atoms with Gasteiger partial charge in [-0.3, -0.25) is 5.10 Å². The highest BCUT2D eigenvalue weighted by molar-refractivity contribution is 5.33. The molecule has 2 aliphatic carbocycles. The second kappa shape index (κ2) is 7.03. The Labute approximate surface area is 142 Å². The van der Waals surface area contributed by atoms with E-state index in [1.54, 1.807) is 6.33 Å². The minimum absolute atomic E-state index is 0.254. The molecule has 1 aromatic carbocycles. The number of aliphatic hydroxyl groups is 1. The van der Waals surface area contributed by atoms with Gasteiger partial charge in [-0.2, -0.15) is 5.10 Å². The monoisotopic (exact) mass is 326 g/mol. The number of fused-ring (bicyclic) bond motifs is 1. The van der Waals surface area contributed by atoms with E-state index in [9.17, 15) is 5.11 Å². The first-order valence-electron chi connectivity index (χ1n) is 9.14. The van der Waals surface area contributed by atoms with Crippen LogP contribution in [0.5, 0.6) is 0 Å². The first-order chi connectivity index (χ1) is 11.8. The van der Waals surface area contributed by atoms with Crippen LogP contribution in [0.4, 0.5) is 0 Å². The van der Waals surface area contributed by atoms with Crippen molar-refractivity contribution in [1.29, 1.82) is 0 Å². The lowest BCUT2D eigenvalue weighted by molar-refractivity contribution is 0.131. The van der Waals surface area contributed by atoms with Crippen molar-refractivity contribution in [3.63, 3.8) is 0 Å². The molecule has 5 nitrogen and oxygen atoms in total. The number of benzene rings is 1. The molecule has 3 atom stereocenters. The Morgan fingerprint density at radius 3 is 2.88 bits per heavy atom. The summed E-state index contributed by atoms with van der Waals surface area (Å²) in [5.41, 5.74) is 4.42. The van der Waals surface area contributed by atoms with Gasteiger partial charge in [0, 0.05) is 19.0 Å². The molecule has 0 aliphatic heterocycles. The number of aryl methyl sites for hydroxylation is 2. The summed E-state index contributed by atoms with van der Waals surface area (Å²) < 4.78 is 0. The quantitative estimate of drug-likeness (QED) is 0.788. The minimum atomic E-state index is -0.254. The van der Waals surface area contributed by atoms with Gasteiger partial charge < -0.3 is 10.4 Å². The lowest BCUT2D eigenvalue weighted by atomic mass is 9.90. The number of nitrogens with one attached hydrogen (secondary N) is 2. The van der Waals surface area contributed by atoms with Crippen molar-refractivity contribution in [1.82, 2.24) is 20.5 Å². The molecule has 0 radical (unpaired) electrons. The van der Waals surface area contributed by atoms with Gasteiger partial charge in [-0.05, 0) is 61.1 Å². The fourth-order valence-corrected chi connectivity index (χ4v) is 4.26. The van der Waals surface area contributed by atoms with E-state index in [-0.39, 0.29) is 12.0 Å². The Bertz CT molecular complexity index is 670. The molecule has 0 amide bonds. The van der Waals surface area contributed by atoms with E-state index in [4.69, 9.17) is 0 Å². The number of aliphatic hydroxyl groups excluding tert-OH is 1. The van der Waals surface area contributed by atoms with Crippen molar-refractivity contribution in [2.45, 2.75) is 57.1 Å². The summed E-state index contributed by atoms with van der Waals surface area (Å²) in [4.78, 5) is 4.24. The number of hydrogen-bond acceptors (Lipinski definition) is 4. The van der Waals surface area contributed by atoms with Crippen LogP contribution in [0.15, 0.2) is 24.5 Å². The van der Waals surface area contributed by atoms with Crippen LogP contribution in [0, 0.1) is 5.92 Å². The maximum absolute atomic E-state index is 10.3. The first-order valence-corrected chi connectivity index (χ1v) is 9.14. The molecule has 2 aromatic rings. The first kappa shape index (κ1) is 15.8. The molecule has 4 rings (SSSR count). The van der Waals surface area contributed by atoms with Gasteiger partial charge >= 0.3 is 0 Å². The van der Waals surface area contributed by atoms with Crippen LogP contribution in [0.3, 0.4) is 0 Å². The van der Waals surface area contributed by atoms with Crippen LogP contribution in [-0.4, -0.2) is 32.9 Å². The highest BCUT2D eigenvalue weighted by Gasteiger charge is 2.34. The second-order valence-electron chi connectivity index (χ2n) is 7.31. The van der Waals surface area contributed by atoms with Crippen LogP contribution >= 0.6 is 0 Å². The van der Waals surface area contributed by atoms with E-state index in [1.807, 2.05) is 0 Å². The molecule has 1 unspecified atom stereocenters. The number of rotatable bonds is 5. The summed E-state index contributed by atoms with van der Waals surface area (Å²) in [6.07, 6.45) is 8.15. The van der Waals surface area contributed by atoms with Crippen LogP contribution in [0.1, 0.15) is 54.1 Å². The normalized spacial score (nSPS) is 26.5. The van der Waals surface area contributed by atoms with E-state index in [0.29, 0.717) is 5.92 Å². The SMILES string of the molecule is O[C@@H]1CC(c2ncn[nH]2)C[C@@H]1CNCc1ccc2c(c1)CCCC2. The van der Waals surface area contributed by atoms with Crippen molar-refractivity contribution in [3.05, 3.63) is 47.0 Å². The maximum Gasteiger partial charge on any atom is 0.137 e. The zero-order chi connectivity index (χ0) is 16.4. The highest BCUT2D eigenvalue weighted by atomic mass is 16.3. The van der Waals surface area contributed by atoms with Crippen LogP contribution in [0.25, 0.3) is 0 Å². The summed E-state index contributed by atoms with van der Waals surface area (Å²) in [6, 6.07) is 6.92. The smallest absolute Gasteiger partial charge is 0.137 e. The topological polar surface area (TPSA) is 73.8 Å². The molecule has 1 aromatic heterocycles.